The minimum atomic E-state index is 0.654. The van der Waals surface area contributed by atoms with Crippen LogP contribution in [0.4, 0.5) is 5.69 Å². The highest BCUT2D eigenvalue weighted by molar-refractivity contribution is 5.57. The molecule has 0 amide bonds. The standard InChI is InChI=1S/C12H13N5/c1-17-9-15-12(16-17)6-7-14-11-5-3-2-4-10(11)8-13/h2-5,9,14H,6-7H2,1H3. The molecule has 1 aromatic carbocycles. The van der Waals surface area contributed by atoms with Gasteiger partial charge in [0.2, 0.25) is 0 Å². The first-order valence-corrected chi connectivity index (χ1v) is 5.37. The average Bonchev–Trinajstić information content (AvgIpc) is 2.76. The molecule has 86 valence electrons. The van der Waals surface area contributed by atoms with E-state index in [9.17, 15) is 0 Å². The summed E-state index contributed by atoms with van der Waals surface area (Å²) >= 11 is 0. The van der Waals surface area contributed by atoms with Gasteiger partial charge < -0.3 is 5.32 Å². The van der Waals surface area contributed by atoms with Gasteiger partial charge in [0.25, 0.3) is 0 Å². The summed E-state index contributed by atoms with van der Waals surface area (Å²) in [6.45, 7) is 0.711. The van der Waals surface area contributed by atoms with Crippen LogP contribution in [0.3, 0.4) is 0 Å². The van der Waals surface area contributed by atoms with Crippen LogP contribution in [0.1, 0.15) is 11.4 Å². The SMILES string of the molecule is Cn1cnc(CCNc2ccccc2C#N)n1. The molecule has 0 fully saturated rings. The molecule has 0 unspecified atom stereocenters. The van der Waals surface area contributed by atoms with Crippen molar-refractivity contribution in [3.05, 3.63) is 42.0 Å². The molecule has 1 aromatic heterocycles. The van der Waals surface area contributed by atoms with Gasteiger partial charge in [0.05, 0.1) is 11.3 Å². The van der Waals surface area contributed by atoms with Crippen molar-refractivity contribution in [1.29, 1.82) is 5.26 Å². The van der Waals surface area contributed by atoms with Gasteiger partial charge in [0.1, 0.15) is 12.4 Å². The monoisotopic (exact) mass is 227 g/mol. The number of hydrogen-bond donors (Lipinski definition) is 1. The number of aromatic nitrogens is 3. The third kappa shape index (κ3) is 2.82. The molecule has 5 heteroatoms. The number of anilines is 1. The summed E-state index contributed by atoms with van der Waals surface area (Å²) in [6.07, 6.45) is 2.42. The first-order chi connectivity index (χ1) is 8.29. The predicted molar refractivity (Wildman–Crippen MR) is 64.4 cm³/mol. The normalized spacial score (nSPS) is 9.88. The van der Waals surface area contributed by atoms with E-state index in [-0.39, 0.29) is 0 Å². The summed E-state index contributed by atoms with van der Waals surface area (Å²) in [7, 11) is 1.84. The minimum absolute atomic E-state index is 0.654. The Morgan fingerprint density at radius 3 is 2.94 bits per heavy atom. The number of para-hydroxylation sites is 1. The molecule has 0 aliphatic rings. The number of nitrogens with zero attached hydrogens (tertiary/aromatic N) is 4. The fraction of sp³-hybridized carbons (Fsp3) is 0.250. The van der Waals surface area contributed by atoms with Gasteiger partial charge >= 0.3 is 0 Å². The minimum Gasteiger partial charge on any atom is -0.384 e. The molecule has 1 heterocycles. The van der Waals surface area contributed by atoms with Gasteiger partial charge in [-0.2, -0.15) is 10.4 Å². The van der Waals surface area contributed by atoms with Crippen molar-refractivity contribution < 1.29 is 0 Å². The van der Waals surface area contributed by atoms with Crippen molar-refractivity contribution in [1.82, 2.24) is 14.8 Å². The number of nitrogens with one attached hydrogen (secondary N) is 1. The summed E-state index contributed by atoms with van der Waals surface area (Å²) in [6, 6.07) is 9.59. The van der Waals surface area contributed by atoms with E-state index in [0.717, 1.165) is 17.9 Å². The Morgan fingerprint density at radius 2 is 2.24 bits per heavy atom. The maximum atomic E-state index is 8.92. The van der Waals surface area contributed by atoms with E-state index in [2.05, 4.69) is 21.5 Å². The highest BCUT2D eigenvalue weighted by Crippen LogP contribution is 2.12. The van der Waals surface area contributed by atoms with Crippen LogP contribution in [-0.2, 0) is 13.5 Å². The van der Waals surface area contributed by atoms with E-state index in [0.29, 0.717) is 12.1 Å². The molecule has 0 aliphatic carbocycles. The van der Waals surface area contributed by atoms with Gasteiger partial charge in [-0.1, -0.05) is 12.1 Å². The van der Waals surface area contributed by atoms with E-state index in [4.69, 9.17) is 5.26 Å². The zero-order chi connectivity index (χ0) is 12.1. The van der Waals surface area contributed by atoms with Gasteiger partial charge in [0, 0.05) is 20.0 Å². The Labute approximate surface area is 99.7 Å². The van der Waals surface area contributed by atoms with E-state index in [1.165, 1.54) is 0 Å². The number of nitriles is 1. The van der Waals surface area contributed by atoms with Crippen LogP contribution in [0.15, 0.2) is 30.6 Å². The molecule has 1 N–H and O–H groups in total. The smallest absolute Gasteiger partial charge is 0.152 e. The summed E-state index contributed by atoms with van der Waals surface area (Å²) in [4.78, 5) is 4.14. The third-order valence-electron chi connectivity index (χ3n) is 2.36. The zero-order valence-corrected chi connectivity index (χ0v) is 9.59. The molecular weight excluding hydrogens is 214 g/mol. The van der Waals surface area contributed by atoms with Gasteiger partial charge in [-0.25, -0.2) is 4.98 Å². The molecule has 0 saturated carbocycles. The second kappa shape index (κ2) is 5.12. The van der Waals surface area contributed by atoms with Crippen molar-refractivity contribution in [2.75, 3.05) is 11.9 Å². The lowest BCUT2D eigenvalue weighted by Crippen LogP contribution is -2.07. The third-order valence-corrected chi connectivity index (χ3v) is 2.36. The Balaban J connectivity index is 1.92. The molecule has 0 atom stereocenters. The van der Waals surface area contributed by atoms with Gasteiger partial charge in [0.15, 0.2) is 5.82 Å². The molecular formula is C12H13N5. The van der Waals surface area contributed by atoms with Crippen molar-refractivity contribution in [2.24, 2.45) is 7.05 Å². The van der Waals surface area contributed by atoms with Crippen LogP contribution in [-0.4, -0.2) is 21.3 Å². The summed E-state index contributed by atoms with van der Waals surface area (Å²) in [5.74, 6) is 0.800. The van der Waals surface area contributed by atoms with Crippen molar-refractivity contribution >= 4 is 5.69 Å². The topological polar surface area (TPSA) is 66.5 Å². The summed E-state index contributed by atoms with van der Waals surface area (Å²) < 4.78 is 1.68. The van der Waals surface area contributed by atoms with Crippen LogP contribution in [0.5, 0.6) is 0 Å². The van der Waals surface area contributed by atoms with Crippen molar-refractivity contribution in [3.8, 4) is 6.07 Å². The Kier molecular flexibility index (Phi) is 3.36. The predicted octanol–water partition coefficient (Wildman–Crippen LogP) is 1.34. The molecule has 0 aliphatic heterocycles. The van der Waals surface area contributed by atoms with Crippen LogP contribution >= 0.6 is 0 Å². The Hall–Kier alpha value is -2.35. The Bertz CT molecular complexity index is 538. The number of benzene rings is 1. The van der Waals surface area contributed by atoms with E-state index < -0.39 is 0 Å². The molecule has 2 rings (SSSR count). The second-order valence-electron chi connectivity index (χ2n) is 3.67. The van der Waals surface area contributed by atoms with Gasteiger partial charge in [-0.05, 0) is 12.1 Å². The highest BCUT2D eigenvalue weighted by atomic mass is 15.3. The summed E-state index contributed by atoms with van der Waals surface area (Å²) in [5.41, 5.74) is 1.51. The van der Waals surface area contributed by atoms with Gasteiger partial charge in [-0.15, -0.1) is 0 Å². The number of aryl methyl sites for hydroxylation is 1. The molecule has 5 nitrogen and oxygen atoms in total. The Morgan fingerprint density at radius 1 is 1.41 bits per heavy atom. The maximum Gasteiger partial charge on any atom is 0.152 e. The van der Waals surface area contributed by atoms with Crippen molar-refractivity contribution in [3.63, 3.8) is 0 Å². The average molecular weight is 227 g/mol. The van der Waals surface area contributed by atoms with E-state index in [1.807, 2.05) is 25.2 Å². The van der Waals surface area contributed by atoms with E-state index in [1.54, 1.807) is 17.1 Å². The molecule has 0 radical (unpaired) electrons. The van der Waals surface area contributed by atoms with Crippen LogP contribution < -0.4 is 5.32 Å². The van der Waals surface area contributed by atoms with E-state index >= 15 is 0 Å². The molecule has 0 saturated heterocycles. The second-order valence-corrected chi connectivity index (χ2v) is 3.67. The zero-order valence-electron chi connectivity index (χ0n) is 9.59. The number of rotatable bonds is 4. The first kappa shape index (κ1) is 11.1. The quantitative estimate of drug-likeness (QED) is 0.856. The largest absolute Gasteiger partial charge is 0.384 e. The highest BCUT2D eigenvalue weighted by Gasteiger charge is 2.01. The maximum absolute atomic E-state index is 8.92. The lowest BCUT2D eigenvalue weighted by Gasteiger charge is -2.06. The fourth-order valence-electron chi connectivity index (χ4n) is 1.54. The van der Waals surface area contributed by atoms with Crippen molar-refractivity contribution in [2.45, 2.75) is 6.42 Å². The summed E-state index contributed by atoms with van der Waals surface area (Å²) in [5, 5.41) is 16.3. The van der Waals surface area contributed by atoms with Gasteiger partial charge in [-0.3, -0.25) is 4.68 Å². The first-order valence-electron chi connectivity index (χ1n) is 5.37. The molecule has 17 heavy (non-hydrogen) atoms. The molecule has 2 aromatic rings. The van der Waals surface area contributed by atoms with Crippen LogP contribution in [0.25, 0.3) is 0 Å². The number of hydrogen-bond acceptors (Lipinski definition) is 4. The molecule has 0 bridgehead atoms. The fourth-order valence-corrected chi connectivity index (χ4v) is 1.54. The lowest BCUT2D eigenvalue weighted by atomic mass is 10.2. The van der Waals surface area contributed by atoms with Crippen LogP contribution in [0, 0.1) is 11.3 Å². The lowest BCUT2D eigenvalue weighted by molar-refractivity contribution is 0.742. The van der Waals surface area contributed by atoms with Crippen LogP contribution in [0.2, 0.25) is 0 Å². The molecule has 0 spiro atoms.